The Kier molecular flexibility index (Phi) is 5.23. The van der Waals surface area contributed by atoms with Crippen molar-refractivity contribution in [2.24, 2.45) is 0 Å². The van der Waals surface area contributed by atoms with Crippen LogP contribution in [0, 0.1) is 0 Å². The second kappa shape index (κ2) is 6.92. The quantitative estimate of drug-likeness (QED) is 0.777. The molecule has 5 nitrogen and oxygen atoms in total. The summed E-state index contributed by atoms with van der Waals surface area (Å²) < 4.78 is 16.6. The number of ether oxygens (including phenoxy) is 3. The van der Waals surface area contributed by atoms with Gasteiger partial charge in [-0.3, -0.25) is 4.79 Å². The van der Waals surface area contributed by atoms with Crippen LogP contribution < -0.4 is 9.47 Å². The summed E-state index contributed by atoms with van der Waals surface area (Å²) in [6.07, 6.45) is 0.686. The van der Waals surface area contributed by atoms with E-state index >= 15 is 0 Å². The van der Waals surface area contributed by atoms with Crippen LogP contribution in [0.15, 0.2) is 12.1 Å². The molecular weight excluding hydrogens is 282 g/mol. The molecule has 1 saturated heterocycles. The molecule has 1 aromatic carbocycles. The Morgan fingerprint density at radius 2 is 2.35 bits per heavy atom. The van der Waals surface area contributed by atoms with E-state index in [1.807, 2.05) is 7.05 Å². The third-order valence-electron chi connectivity index (χ3n) is 3.15. The molecule has 6 heteroatoms. The summed E-state index contributed by atoms with van der Waals surface area (Å²) in [5, 5.41) is 0.435. The monoisotopic (exact) mass is 299 g/mol. The van der Waals surface area contributed by atoms with Gasteiger partial charge in [0.25, 0.3) is 0 Å². The molecule has 0 spiro atoms. The van der Waals surface area contributed by atoms with Gasteiger partial charge in [-0.25, -0.2) is 0 Å². The van der Waals surface area contributed by atoms with Crippen molar-refractivity contribution in [2.75, 3.05) is 40.5 Å². The predicted molar refractivity (Wildman–Crippen MR) is 76.1 cm³/mol. The van der Waals surface area contributed by atoms with Crippen LogP contribution in [0.2, 0.25) is 5.02 Å². The van der Waals surface area contributed by atoms with E-state index in [2.05, 4.69) is 4.90 Å². The molecule has 1 aromatic rings. The zero-order valence-corrected chi connectivity index (χ0v) is 12.4. The standard InChI is InChI=1S/C14H18ClNO4/c1-16-3-4-19-12(7-16)9-20-14-10(8-17)5-11(15)6-13(14)18-2/h5-6,8,12H,3-4,7,9H2,1-2H3. The summed E-state index contributed by atoms with van der Waals surface area (Å²) in [6.45, 7) is 2.76. The predicted octanol–water partition coefficient (Wildman–Crippen LogP) is 1.87. The molecule has 0 radical (unpaired) electrons. The summed E-state index contributed by atoms with van der Waals surface area (Å²) in [4.78, 5) is 13.3. The van der Waals surface area contributed by atoms with Gasteiger partial charge < -0.3 is 19.1 Å². The van der Waals surface area contributed by atoms with E-state index in [4.69, 9.17) is 25.8 Å². The highest BCUT2D eigenvalue weighted by Crippen LogP contribution is 2.34. The maximum absolute atomic E-state index is 11.1. The summed E-state index contributed by atoms with van der Waals surface area (Å²) in [5.41, 5.74) is 0.374. The Hall–Kier alpha value is -1.30. The van der Waals surface area contributed by atoms with Crippen molar-refractivity contribution in [1.82, 2.24) is 4.90 Å². The molecule has 2 rings (SSSR count). The van der Waals surface area contributed by atoms with Crippen molar-refractivity contribution < 1.29 is 19.0 Å². The lowest BCUT2D eigenvalue weighted by Gasteiger charge is -2.30. The van der Waals surface area contributed by atoms with Crippen LogP contribution in [0.5, 0.6) is 11.5 Å². The second-order valence-corrected chi connectivity index (χ2v) is 5.15. The Morgan fingerprint density at radius 1 is 1.55 bits per heavy atom. The molecule has 0 aliphatic carbocycles. The van der Waals surface area contributed by atoms with Crippen molar-refractivity contribution >= 4 is 17.9 Å². The molecule has 1 unspecified atom stereocenters. The van der Waals surface area contributed by atoms with Gasteiger partial charge in [-0.15, -0.1) is 0 Å². The number of hydrogen-bond donors (Lipinski definition) is 0. The first-order valence-corrected chi connectivity index (χ1v) is 6.77. The number of carbonyl (C=O) groups excluding carboxylic acids is 1. The van der Waals surface area contributed by atoms with Crippen molar-refractivity contribution in [3.8, 4) is 11.5 Å². The van der Waals surface area contributed by atoms with E-state index in [9.17, 15) is 4.79 Å². The Morgan fingerprint density at radius 3 is 3.00 bits per heavy atom. The Balaban J connectivity index is 2.09. The lowest BCUT2D eigenvalue weighted by Crippen LogP contribution is -2.42. The van der Waals surface area contributed by atoms with Gasteiger partial charge in [-0.2, -0.15) is 0 Å². The zero-order chi connectivity index (χ0) is 14.5. The molecule has 0 amide bonds. The first-order chi connectivity index (χ1) is 9.63. The number of morpholine rings is 1. The van der Waals surface area contributed by atoms with Gasteiger partial charge in [0.15, 0.2) is 17.8 Å². The highest BCUT2D eigenvalue weighted by molar-refractivity contribution is 6.31. The van der Waals surface area contributed by atoms with E-state index in [1.165, 1.54) is 7.11 Å². The minimum Gasteiger partial charge on any atom is -0.493 e. The molecule has 0 bridgehead atoms. The average molecular weight is 300 g/mol. The van der Waals surface area contributed by atoms with Gasteiger partial charge >= 0.3 is 0 Å². The van der Waals surface area contributed by atoms with Gasteiger partial charge in [0.2, 0.25) is 0 Å². The fourth-order valence-corrected chi connectivity index (χ4v) is 2.34. The highest BCUT2D eigenvalue weighted by Gasteiger charge is 2.20. The van der Waals surface area contributed by atoms with Gasteiger partial charge in [-0.1, -0.05) is 11.6 Å². The van der Waals surface area contributed by atoms with Crippen LogP contribution in [0.25, 0.3) is 0 Å². The number of hydrogen-bond acceptors (Lipinski definition) is 5. The molecule has 110 valence electrons. The zero-order valence-electron chi connectivity index (χ0n) is 11.6. The number of halogens is 1. The van der Waals surface area contributed by atoms with Gasteiger partial charge in [0.05, 0.1) is 19.3 Å². The van der Waals surface area contributed by atoms with Crippen molar-refractivity contribution in [2.45, 2.75) is 6.10 Å². The van der Waals surface area contributed by atoms with Crippen molar-refractivity contribution in [3.05, 3.63) is 22.7 Å². The molecule has 1 atom stereocenters. The Bertz CT molecular complexity index is 480. The number of carbonyl (C=O) groups is 1. The third kappa shape index (κ3) is 3.62. The van der Waals surface area contributed by atoms with Crippen molar-refractivity contribution in [1.29, 1.82) is 0 Å². The van der Waals surface area contributed by atoms with E-state index < -0.39 is 0 Å². The van der Waals surface area contributed by atoms with Gasteiger partial charge in [-0.05, 0) is 13.1 Å². The molecule has 1 fully saturated rings. The minimum atomic E-state index is -0.0198. The summed E-state index contributed by atoms with van der Waals surface area (Å²) >= 11 is 5.92. The first kappa shape index (κ1) is 15.1. The normalized spacial score (nSPS) is 19.6. The van der Waals surface area contributed by atoms with Crippen LogP contribution in [0.1, 0.15) is 10.4 Å². The average Bonchev–Trinajstić information content (AvgIpc) is 2.45. The van der Waals surface area contributed by atoms with E-state index in [1.54, 1.807) is 12.1 Å². The number of aldehydes is 1. The molecule has 0 N–H and O–H groups in total. The summed E-state index contributed by atoms with van der Waals surface area (Å²) in [5.74, 6) is 0.854. The van der Waals surface area contributed by atoms with Gasteiger partial charge in [0, 0.05) is 24.2 Å². The number of methoxy groups -OCH3 is 1. The molecule has 1 aliphatic heterocycles. The SMILES string of the molecule is COc1cc(Cl)cc(C=O)c1OCC1CN(C)CCO1. The Labute approximate surface area is 123 Å². The fraction of sp³-hybridized carbons (Fsp3) is 0.500. The molecule has 0 saturated carbocycles. The number of benzene rings is 1. The molecule has 1 aliphatic rings. The first-order valence-electron chi connectivity index (χ1n) is 6.39. The van der Waals surface area contributed by atoms with Crippen LogP contribution in [-0.2, 0) is 4.74 Å². The highest BCUT2D eigenvalue weighted by atomic mass is 35.5. The number of likely N-dealkylation sites (N-methyl/N-ethyl adjacent to an activating group) is 1. The molecule has 0 aromatic heterocycles. The lowest BCUT2D eigenvalue weighted by molar-refractivity contribution is -0.0406. The van der Waals surface area contributed by atoms with Crippen molar-refractivity contribution in [3.63, 3.8) is 0 Å². The maximum atomic E-state index is 11.1. The molecule has 20 heavy (non-hydrogen) atoms. The lowest BCUT2D eigenvalue weighted by atomic mass is 10.2. The third-order valence-corrected chi connectivity index (χ3v) is 3.37. The van der Waals surface area contributed by atoms with E-state index in [-0.39, 0.29) is 6.10 Å². The smallest absolute Gasteiger partial charge is 0.171 e. The second-order valence-electron chi connectivity index (χ2n) is 4.71. The minimum absolute atomic E-state index is 0.0198. The maximum Gasteiger partial charge on any atom is 0.171 e. The number of nitrogens with zero attached hydrogens (tertiary/aromatic N) is 1. The van der Waals surface area contributed by atoms with Crippen LogP contribution in [0.3, 0.4) is 0 Å². The van der Waals surface area contributed by atoms with Crippen LogP contribution in [-0.4, -0.2) is 57.8 Å². The van der Waals surface area contributed by atoms with E-state index in [0.29, 0.717) is 41.6 Å². The largest absolute Gasteiger partial charge is 0.493 e. The van der Waals surface area contributed by atoms with Gasteiger partial charge in [0.1, 0.15) is 12.7 Å². The summed E-state index contributed by atoms with van der Waals surface area (Å²) in [6, 6.07) is 3.18. The fourth-order valence-electron chi connectivity index (χ4n) is 2.13. The van der Waals surface area contributed by atoms with Crippen LogP contribution in [0.4, 0.5) is 0 Å². The van der Waals surface area contributed by atoms with E-state index in [0.717, 1.165) is 13.1 Å². The topological polar surface area (TPSA) is 48.0 Å². The summed E-state index contributed by atoms with van der Waals surface area (Å²) in [7, 11) is 3.55. The molecular formula is C14H18ClNO4. The number of rotatable bonds is 5. The van der Waals surface area contributed by atoms with Crippen LogP contribution >= 0.6 is 11.6 Å². The molecule has 1 heterocycles.